The Morgan fingerprint density at radius 3 is 2.57 bits per heavy atom. The van der Waals surface area contributed by atoms with Gasteiger partial charge in [0.1, 0.15) is 11.6 Å². The van der Waals surface area contributed by atoms with E-state index in [0.29, 0.717) is 0 Å². The minimum Gasteiger partial charge on any atom is -0.497 e. The molecule has 2 aliphatic heterocycles. The van der Waals surface area contributed by atoms with Crippen LogP contribution in [-0.2, 0) is 11.2 Å². The minimum absolute atomic E-state index is 0.127. The Bertz CT molecular complexity index is 1270. The minimum atomic E-state index is -0.557. The number of aryl methyl sites for hydroxylation is 1. The van der Waals surface area contributed by atoms with Gasteiger partial charge in [0.2, 0.25) is 0 Å². The van der Waals surface area contributed by atoms with E-state index in [2.05, 4.69) is 42.0 Å². The van der Waals surface area contributed by atoms with Crippen molar-refractivity contribution in [3.8, 4) is 5.75 Å². The van der Waals surface area contributed by atoms with E-state index in [0.717, 1.165) is 70.3 Å². The van der Waals surface area contributed by atoms with Gasteiger partial charge >= 0.3 is 5.24 Å². The SMILES string of the molecule is COc1cccc(/C(=N/C(C)C)N2CCCc3cc(C4=NN(C(=O)C(C)C)C(=O)SC4(C)C)ccc32)c1. The predicted molar refractivity (Wildman–Crippen MR) is 152 cm³/mol. The molecule has 0 atom stereocenters. The molecule has 0 unspecified atom stereocenters. The van der Waals surface area contributed by atoms with Crippen LogP contribution in [0.1, 0.15) is 64.7 Å². The van der Waals surface area contributed by atoms with E-state index in [4.69, 9.17) is 9.73 Å². The van der Waals surface area contributed by atoms with Gasteiger partial charge < -0.3 is 9.64 Å². The number of hydrogen-bond donors (Lipinski definition) is 0. The molecule has 2 heterocycles. The summed E-state index contributed by atoms with van der Waals surface area (Å²) in [5.74, 6) is 1.12. The quantitative estimate of drug-likeness (QED) is 0.350. The first kappa shape index (κ1) is 26.9. The van der Waals surface area contributed by atoms with Crippen LogP contribution in [0.2, 0.25) is 0 Å². The second-order valence-corrected chi connectivity index (χ2v) is 12.1. The third-order valence-electron chi connectivity index (χ3n) is 6.42. The van der Waals surface area contributed by atoms with Crippen LogP contribution >= 0.6 is 11.8 Å². The maximum Gasteiger partial charge on any atom is 0.310 e. The molecular weight excluding hydrogens is 484 g/mol. The van der Waals surface area contributed by atoms with Crippen molar-refractivity contribution < 1.29 is 14.3 Å². The zero-order chi connectivity index (χ0) is 26.9. The number of aliphatic imine (C=N–C) groups is 1. The molecule has 0 N–H and O–H groups in total. The highest BCUT2D eigenvalue weighted by atomic mass is 32.2. The molecule has 2 aliphatic rings. The number of imide groups is 1. The van der Waals surface area contributed by atoms with Crippen LogP contribution in [0.5, 0.6) is 5.75 Å². The summed E-state index contributed by atoms with van der Waals surface area (Å²) in [5, 5.41) is 5.31. The molecule has 2 aromatic carbocycles. The lowest BCUT2D eigenvalue weighted by atomic mass is 9.93. The second kappa shape index (κ2) is 10.7. The number of carbonyl (C=O) groups excluding carboxylic acids is 2. The Labute approximate surface area is 224 Å². The van der Waals surface area contributed by atoms with Gasteiger partial charge in [-0.25, -0.2) is 0 Å². The number of benzene rings is 2. The summed E-state index contributed by atoms with van der Waals surface area (Å²) in [6, 6.07) is 14.5. The van der Waals surface area contributed by atoms with Crippen molar-refractivity contribution in [3.05, 3.63) is 59.2 Å². The summed E-state index contributed by atoms with van der Waals surface area (Å²) in [5.41, 5.74) is 4.99. The largest absolute Gasteiger partial charge is 0.497 e. The standard InChI is InChI=1S/C29H36N4O3S/c1-18(2)27(34)33-28(35)37-29(5,6)25(31-33)21-13-14-24-20(16-21)11-9-15-32(24)26(30-19(3)4)22-10-8-12-23(17-22)36-7/h8,10,12-14,16-19H,9,11,15H2,1-7H3/b30-26-. The molecular formula is C29H36N4O3S. The number of fused-ring (bicyclic) bond motifs is 1. The van der Waals surface area contributed by atoms with Crippen LogP contribution in [0.3, 0.4) is 0 Å². The molecule has 37 heavy (non-hydrogen) atoms. The zero-order valence-corrected chi connectivity index (χ0v) is 23.6. The van der Waals surface area contributed by atoms with Crippen molar-refractivity contribution in [1.29, 1.82) is 0 Å². The van der Waals surface area contributed by atoms with E-state index in [-0.39, 0.29) is 23.1 Å². The number of hydrogen-bond acceptors (Lipinski definition) is 6. The summed E-state index contributed by atoms with van der Waals surface area (Å²) >= 11 is 1.14. The summed E-state index contributed by atoms with van der Waals surface area (Å²) in [4.78, 5) is 32.7. The van der Waals surface area contributed by atoms with Crippen LogP contribution in [0.25, 0.3) is 0 Å². The van der Waals surface area contributed by atoms with Crippen LogP contribution in [-0.4, -0.2) is 52.1 Å². The summed E-state index contributed by atoms with van der Waals surface area (Å²) in [6.07, 6.45) is 1.92. The zero-order valence-electron chi connectivity index (χ0n) is 22.7. The van der Waals surface area contributed by atoms with Gasteiger partial charge in [-0.1, -0.05) is 32.0 Å². The van der Waals surface area contributed by atoms with Gasteiger partial charge in [-0.15, -0.1) is 0 Å². The molecule has 0 saturated carbocycles. The number of methoxy groups -OCH3 is 1. The molecule has 0 aliphatic carbocycles. The first-order valence-electron chi connectivity index (χ1n) is 12.8. The van der Waals surface area contributed by atoms with Crippen molar-refractivity contribution in [2.75, 3.05) is 18.6 Å². The fourth-order valence-corrected chi connectivity index (χ4v) is 5.54. The third kappa shape index (κ3) is 5.59. The normalized spacial score (nSPS) is 17.7. The van der Waals surface area contributed by atoms with Gasteiger partial charge in [-0.2, -0.15) is 10.1 Å². The van der Waals surface area contributed by atoms with Crippen molar-refractivity contribution in [3.63, 3.8) is 0 Å². The molecule has 0 saturated heterocycles. The molecule has 4 rings (SSSR count). The summed E-state index contributed by atoms with van der Waals surface area (Å²) in [7, 11) is 1.67. The van der Waals surface area contributed by atoms with E-state index in [1.807, 2.05) is 38.1 Å². The Kier molecular flexibility index (Phi) is 7.78. The molecule has 2 amide bonds. The number of carbonyl (C=O) groups is 2. The number of rotatable bonds is 5. The Hall–Kier alpha value is -3.13. The van der Waals surface area contributed by atoms with Gasteiger partial charge in [-0.3, -0.25) is 14.6 Å². The average molecular weight is 521 g/mol. The van der Waals surface area contributed by atoms with Crippen LogP contribution < -0.4 is 9.64 Å². The smallest absolute Gasteiger partial charge is 0.310 e. The maximum absolute atomic E-state index is 12.7. The number of amides is 2. The monoisotopic (exact) mass is 520 g/mol. The van der Waals surface area contributed by atoms with E-state index in [1.165, 1.54) is 5.56 Å². The molecule has 0 fully saturated rings. The first-order chi connectivity index (χ1) is 17.5. The highest BCUT2D eigenvalue weighted by molar-refractivity contribution is 8.15. The maximum atomic E-state index is 12.7. The molecule has 196 valence electrons. The molecule has 0 radical (unpaired) electrons. The second-order valence-electron chi connectivity index (χ2n) is 10.5. The highest BCUT2D eigenvalue weighted by Crippen LogP contribution is 2.38. The Morgan fingerprint density at radius 1 is 1.14 bits per heavy atom. The van der Waals surface area contributed by atoms with Crippen molar-refractivity contribution >= 4 is 40.1 Å². The lowest BCUT2D eigenvalue weighted by molar-refractivity contribution is -0.131. The number of thioether (sulfide) groups is 1. The fourth-order valence-electron chi connectivity index (χ4n) is 4.63. The molecule has 7 nitrogen and oxygen atoms in total. The first-order valence-corrected chi connectivity index (χ1v) is 13.6. The molecule has 8 heteroatoms. The van der Waals surface area contributed by atoms with Crippen molar-refractivity contribution in [2.24, 2.45) is 16.0 Å². The molecule has 0 spiro atoms. The van der Waals surface area contributed by atoms with E-state index >= 15 is 0 Å². The lowest BCUT2D eigenvalue weighted by Gasteiger charge is -2.35. The van der Waals surface area contributed by atoms with Crippen LogP contribution in [0.15, 0.2) is 52.6 Å². The number of nitrogens with zero attached hydrogens (tertiary/aromatic N) is 4. The summed E-state index contributed by atoms with van der Waals surface area (Å²) in [6.45, 7) is 12.5. The average Bonchev–Trinajstić information content (AvgIpc) is 2.85. The predicted octanol–water partition coefficient (Wildman–Crippen LogP) is 6.14. The fraction of sp³-hybridized carbons (Fsp3) is 0.448. The van der Waals surface area contributed by atoms with Gasteiger partial charge in [0.25, 0.3) is 5.91 Å². The van der Waals surface area contributed by atoms with E-state index < -0.39 is 4.75 Å². The molecule has 0 aromatic heterocycles. The van der Waals surface area contributed by atoms with Gasteiger partial charge in [0.05, 0.1) is 17.6 Å². The van der Waals surface area contributed by atoms with Gasteiger partial charge in [0, 0.05) is 29.8 Å². The van der Waals surface area contributed by atoms with E-state index in [1.54, 1.807) is 21.0 Å². The number of hydrazone groups is 1. The van der Waals surface area contributed by atoms with Crippen LogP contribution in [0.4, 0.5) is 10.5 Å². The van der Waals surface area contributed by atoms with Gasteiger partial charge in [0.15, 0.2) is 0 Å². The van der Waals surface area contributed by atoms with E-state index in [9.17, 15) is 9.59 Å². The molecule has 0 bridgehead atoms. The Morgan fingerprint density at radius 2 is 1.89 bits per heavy atom. The van der Waals surface area contributed by atoms with Crippen molar-refractivity contribution in [2.45, 2.75) is 65.2 Å². The molecule has 2 aromatic rings. The lowest BCUT2D eigenvalue weighted by Crippen LogP contribution is -2.44. The van der Waals surface area contributed by atoms with Gasteiger partial charge in [-0.05, 0) is 87.7 Å². The highest BCUT2D eigenvalue weighted by Gasteiger charge is 2.40. The third-order valence-corrected chi connectivity index (χ3v) is 7.48. The van der Waals surface area contributed by atoms with Crippen molar-refractivity contribution in [1.82, 2.24) is 5.01 Å². The topological polar surface area (TPSA) is 74.6 Å². The Balaban J connectivity index is 1.77. The number of anilines is 1. The number of ether oxygens (including phenoxy) is 1. The van der Waals surface area contributed by atoms with Crippen LogP contribution in [0, 0.1) is 5.92 Å². The number of amidine groups is 1. The summed E-state index contributed by atoms with van der Waals surface area (Å²) < 4.78 is 4.92.